The van der Waals surface area contributed by atoms with E-state index in [1.807, 2.05) is 30.3 Å². The van der Waals surface area contributed by atoms with E-state index in [-0.39, 0.29) is 17.2 Å². The second kappa shape index (κ2) is 6.41. The zero-order valence-electron chi connectivity index (χ0n) is 13.4. The van der Waals surface area contributed by atoms with E-state index in [4.69, 9.17) is 5.41 Å². The quantitative estimate of drug-likeness (QED) is 0.911. The minimum Gasteiger partial charge on any atom is -0.507 e. The molecule has 0 radical (unpaired) electrons. The Hall–Kier alpha value is -2.36. The smallest absolute Gasteiger partial charge is 0.257 e. The molecule has 2 aromatic rings. The molecule has 4 nitrogen and oxygen atoms in total. The molecule has 1 aliphatic rings. The predicted molar refractivity (Wildman–Crippen MR) is 92.2 cm³/mol. The molecular weight excluding hydrogens is 288 g/mol. The highest BCUT2D eigenvalue weighted by molar-refractivity contribution is 5.84. The number of hydrogen-bond donors (Lipinski definition) is 2. The molecular formula is C19H22N2O2. The van der Waals surface area contributed by atoms with Crippen LogP contribution < -0.4 is 5.56 Å². The summed E-state index contributed by atoms with van der Waals surface area (Å²) < 4.78 is 1.59. The van der Waals surface area contributed by atoms with Crippen LogP contribution in [0.1, 0.15) is 31.2 Å². The van der Waals surface area contributed by atoms with Gasteiger partial charge in [-0.25, -0.2) is 0 Å². The summed E-state index contributed by atoms with van der Waals surface area (Å²) >= 11 is 0. The van der Waals surface area contributed by atoms with Gasteiger partial charge in [0.25, 0.3) is 5.56 Å². The third-order valence-corrected chi connectivity index (χ3v) is 4.77. The van der Waals surface area contributed by atoms with E-state index in [1.54, 1.807) is 17.7 Å². The Labute approximate surface area is 135 Å². The molecule has 1 aromatic carbocycles. The van der Waals surface area contributed by atoms with Gasteiger partial charge in [-0.15, -0.1) is 0 Å². The SMILES string of the molecule is Cn1c(-c2ccccc2)cc(O)c(CC2CCCCC2=N)c1=O. The summed E-state index contributed by atoms with van der Waals surface area (Å²) in [5, 5.41) is 18.5. The number of hydrogen-bond acceptors (Lipinski definition) is 3. The van der Waals surface area contributed by atoms with Crippen LogP contribution in [0.4, 0.5) is 0 Å². The number of aromatic nitrogens is 1. The summed E-state index contributed by atoms with van der Waals surface area (Å²) in [7, 11) is 1.74. The standard InChI is InChI=1S/C19H22N2O2/c1-21-17(13-7-3-2-4-8-13)12-18(22)15(19(21)23)11-14-9-5-6-10-16(14)20/h2-4,7-8,12,14,20,22H,5-6,9-11H2,1H3. The monoisotopic (exact) mass is 310 g/mol. The molecule has 0 amide bonds. The minimum absolute atomic E-state index is 0.0466. The van der Waals surface area contributed by atoms with E-state index < -0.39 is 0 Å². The van der Waals surface area contributed by atoms with Gasteiger partial charge in [0.2, 0.25) is 0 Å². The first-order chi connectivity index (χ1) is 11.1. The van der Waals surface area contributed by atoms with E-state index in [0.29, 0.717) is 23.4 Å². The summed E-state index contributed by atoms with van der Waals surface area (Å²) in [4.78, 5) is 12.7. The second-order valence-electron chi connectivity index (χ2n) is 6.30. The van der Waals surface area contributed by atoms with Crippen LogP contribution in [-0.2, 0) is 13.5 Å². The van der Waals surface area contributed by atoms with Crippen LogP contribution >= 0.6 is 0 Å². The van der Waals surface area contributed by atoms with Crippen molar-refractivity contribution in [1.82, 2.24) is 4.57 Å². The van der Waals surface area contributed by atoms with Crippen LogP contribution in [-0.4, -0.2) is 15.4 Å². The summed E-state index contributed by atoms with van der Waals surface area (Å²) in [6.45, 7) is 0. The third kappa shape index (κ3) is 3.07. The van der Waals surface area contributed by atoms with Gasteiger partial charge in [-0.1, -0.05) is 36.8 Å². The Morgan fingerprint density at radius 3 is 2.70 bits per heavy atom. The predicted octanol–water partition coefficient (Wildman–Crippen LogP) is 3.51. The van der Waals surface area contributed by atoms with Crippen molar-refractivity contribution in [3.05, 3.63) is 52.3 Å². The lowest BCUT2D eigenvalue weighted by atomic mass is 9.83. The van der Waals surface area contributed by atoms with Gasteiger partial charge in [0.1, 0.15) is 5.75 Å². The molecule has 0 aliphatic heterocycles. The van der Waals surface area contributed by atoms with Crippen LogP contribution in [0.25, 0.3) is 11.3 Å². The average molecular weight is 310 g/mol. The molecule has 4 heteroatoms. The van der Waals surface area contributed by atoms with Crippen molar-refractivity contribution >= 4 is 5.71 Å². The van der Waals surface area contributed by atoms with E-state index in [2.05, 4.69) is 0 Å². The summed E-state index contributed by atoms with van der Waals surface area (Å²) in [5.41, 5.74) is 2.59. The van der Waals surface area contributed by atoms with E-state index in [1.165, 1.54) is 0 Å². The number of rotatable bonds is 3. The first-order valence-corrected chi connectivity index (χ1v) is 8.12. The van der Waals surface area contributed by atoms with Crippen molar-refractivity contribution in [1.29, 1.82) is 5.41 Å². The molecule has 120 valence electrons. The largest absolute Gasteiger partial charge is 0.507 e. The fourth-order valence-corrected chi connectivity index (χ4v) is 3.37. The molecule has 3 rings (SSSR count). The van der Waals surface area contributed by atoms with Crippen molar-refractivity contribution < 1.29 is 5.11 Å². The summed E-state index contributed by atoms with van der Waals surface area (Å²) in [6.07, 6.45) is 4.37. The fraction of sp³-hybridized carbons (Fsp3) is 0.368. The Balaban J connectivity index is 1.98. The molecule has 1 aromatic heterocycles. The highest BCUT2D eigenvalue weighted by Crippen LogP contribution is 2.28. The van der Waals surface area contributed by atoms with Gasteiger partial charge in [-0.2, -0.15) is 0 Å². The highest BCUT2D eigenvalue weighted by Gasteiger charge is 2.23. The number of nitrogens with zero attached hydrogens (tertiary/aromatic N) is 1. The second-order valence-corrected chi connectivity index (χ2v) is 6.30. The van der Waals surface area contributed by atoms with Gasteiger partial charge < -0.3 is 15.1 Å². The Kier molecular flexibility index (Phi) is 4.33. The lowest BCUT2D eigenvalue weighted by Gasteiger charge is -2.23. The van der Waals surface area contributed by atoms with Crippen molar-refractivity contribution in [2.75, 3.05) is 0 Å². The average Bonchev–Trinajstić information content (AvgIpc) is 2.57. The number of pyridine rings is 1. The lowest BCUT2D eigenvalue weighted by molar-refractivity contribution is 0.452. The van der Waals surface area contributed by atoms with Gasteiger partial charge in [0.15, 0.2) is 0 Å². The van der Waals surface area contributed by atoms with Gasteiger partial charge >= 0.3 is 0 Å². The molecule has 0 spiro atoms. The zero-order chi connectivity index (χ0) is 16.4. The molecule has 1 fully saturated rings. The molecule has 23 heavy (non-hydrogen) atoms. The maximum atomic E-state index is 12.7. The van der Waals surface area contributed by atoms with Crippen molar-refractivity contribution in [2.24, 2.45) is 13.0 Å². The molecule has 2 N–H and O–H groups in total. The lowest BCUT2D eigenvalue weighted by Crippen LogP contribution is -2.27. The first kappa shape index (κ1) is 15.5. The molecule has 1 saturated carbocycles. The highest BCUT2D eigenvalue weighted by atomic mass is 16.3. The van der Waals surface area contributed by atoms with E-state index in [9.17, 15) is 9.90 Å². The van der Waals surface area contributed by atoms with Crippen molar-refractivity contribution in [3.63, 3.8) is 0 Å². The van der Waals surface area contributed by atoms with E-state index >= 15 is 0 Å². The Morgan fingerprint density at radius 1 is 1.26 bits per heavy atom. The molecule has 1 heterocycles. The first-order valence-electron chi connectivity index (χ1n) is 8.12. The molecule has 1 unspecified atom stereocenters. The minimum atomic E-state index is -0.165. The maximum Gasteiger partial charge on any atom is 0.257 e. The van der Waals surface area contributed by atoms with Crippen LogP contribution in [0.5, 0.6) is 5.75 Å². The zero-order valence-corrected chi connectivity index (χ0v) is 13.4. The van der Waals surface area contributed by atoms with Crippen LogP contribution in [0, 0.1) is 11.3 Å². The molecule has 0 bridgehead atoms. The third-order valence-electron chi connectivity index (χ3n) is 4.77. The Morgan fingerprint density at radius 2 is 2.00 bits per heavy atom. The van der Waals surface area contributed by atoms with Crippen LogP contribution in [0.15, 0.2) is 41.2 Å². The van der Waals surface area contributed by atoms with Crippen LogP contribution in [0.2, 0.25) is 0 Å². The molecule has 1 aliphatic carbocycles. The normalized spacial score (nSPS) is 18.1. The van der Waals surface area contributed by atoms with Gasteiger partial charge in [0, 0.05) is 24.7 Å². The van der Waals surface area contributed by atoms with Gasteiger partial charge in [0.05, 0.1) is 11.3 Å². The van der Waals surface area contributed by atoms with Crippen LogP contribution in [0.3, 0.4) is 0 Å². The summed E-state index contributed by atoms with van der Waals surface area (Å²) in [5.74, 6) is 0.134. The number of aromatic hydroxyl groups is 1. The maximum absolute atomic E-state index is 12.7. The van der Waals surface area contributed by atoms with Crippen molar-refractivity contribution in [2.45, 2.75) is 32.1 Å². The van der Waals surface area contributed by atoms with E-state index in [0.717, 1.165) is 31.2 Å². The van der Waals surface area contributed by atoms with Gasteiger partial charge in [-0.3, -0.25) is 4.79 Å². The van der Waals surface area contributed by atoms with Gasteiger partial charge in [-0.05, 0) is 31.2 Å². The number of nitrogens with one attached hydrogen (secondary N) is 1. The molecule has 0 saturated heterocycles. The topological polar surface area (TPSA) is 66.1 Å². The summed E-state index contributed by atoms with van der Waals surface area (Å²) in [6, 6.07) is 11.3. The fourth-order valence-electron chi connectivity index (χ4n) is 3.37. The molecule has 1 atom stereocenters. The Bertz CT molecular complexity index is 778. The number of benzene rings is 1. The van der Waals surface area contributed by atoms with Crippen molar-refractivity contribution in [3.8, 4) is 17.0 Å².